The highest BCUT2D eigenvalue weighted by molar-refractivity contribution is 5.78. The van der Waals surface area contributed by atoms with Crippen molar-refractivity contribution in [3.8, 4) is 5.75 Å². The van der Waals surface area contributed by atoms with Crippen molar-refractivity contribution in [1.29, 1.82) is 0 Å². The number of rotatable bonds is 10. The summed E-state index contributed by atoms with van der Waals surface area (Å²) in [6.45, 7) is -0.434. The van der Waals surface area contributed by atoms with Gasteiger partial charge in [0.2, 0.25) is 5.91 Å². The predicted octanol–water partition coefficient (Wildman–Crippen LogP) is 4.80. The van der Waals surface area contributed by atoms with Crippen molar-refractivity contribution in [2.24, 2.45) is 11.7 Å². The lowest BCUT2D eigenvalue weighted by Crippen LogP contribution is -2.32. The van der Waals surface area contributed by atoms with Crippen LogP contribution in [0.25, 0.3) is 0 Å². The molecule has 0 radical (unpaired) electrons. The number of carbonyl (C=O) groups is 2. The number of nitro groups is 1. The number of hydrogen-bond donors (Lipinski definition) is 2. The number of ether oxygens (including phenoxy) is 1. The first kappa shape index (κ1) is 24.9. The van der Waals surface area contributed by atoms with Gasteiger partial charge in [-0.15, -0.1) is 0 Å². The SMILES string of the molecule is NC(=O)C(CC(c1ccccc1)c1ccc([N+](=O)[O-])cc1)C1CCCc2c(OCC(=O)O)cccc21. The number of non-ortho nitro benzene ring substituents is 1. The van der Waals surface area contributed by atoms with Crippen molar-refractivity contribution in [2.75, 3.05) is 6.61 Å². The van der Waals surface area contributed by atoms with E-state index in [2.05, 4.69) is 0 Å². The number of carboxylic acid groups (broad SMARTS) is 1. The average Bonchev–Trinajstić information content (AvgIpc) is 2.88. The van der Waals surface area contributed by atoms with E-state index >= 15 is 0 Å². The molecule has 0 aromatic heterocycles. The molecule has 3 aromatic carbocycles. The number of carboxylic acids is 1. The Morgan fingerprint density at radius 3 is 2.36 bits per heavy atom. The van der Waals surface area contributed by atoms with Gasteiger partial charge in [0.25, 0.3) is 5.69 Å². The van der Waals surface area contributed by atoms with Crippen LogP contribution in [-0.4, -0.2) is 28.5 Å². The van der Waals surface area contributed by atoms with E-state index < -0.39 is 29.3 Å². The zero-order chi connectivity index (χ0) is 25.7. The average molecular weight is 489 g/mol. The van der Waals surface area contributed by atoms with Crippen LogP contribution < -0.4 is 10.5 Å². The maximum absolute atomic E-state index is 12.9. The van der Waals surface area contributed by atoms with Gasteiger partial charge in [-0.1, -0.05) is 54.6 Å². The van der Waals surface area contributed by atoms with Crippen LogP contribution in [0, 0.1) is 16.0 Å². The van der Waals surface area contributed by atoms with E-state index in [0.29, 0.717) is 12.2 Å². The zero-order valence-corrected chi connectivity index (χ0v) is 19.7. The molecule has 36 heavy (non-hydrogen) atoms. The second-order valence-electron chi connectivity index (χ2n) is 9.06. The van der Waals surface area contributed by atoms with Crippen LogP contribution in [0.2, 0.25) is 0 Å². The Morgan fingerprint density at radius 2 is 1.72 bits per heavy atom. The lowest BCUT2D eigenvalue weighted by molar-refractivity contribution is -0.384. The minimum absolute atomic E-state index is 0.00658. The van der Waals surface area contributed by atoms with Crippen LogP contribution in [0.15, 0.2) is 72.8 Å². The van der Waals surface area contributed by atoms with Gasteiger partial charge in [-0.3, -0.25) is 14.9 Å². The molecule has 0 saturated heterocycles. The monoisotopic (exact) mass is 488 g/mol. The van der Waals surface area contributed by atoms with Gasteiger partial charge in [0.15, 0.2) is 6.61 Å². The van der Waals surface area contributed by atoms with E-state index in [1.54, 1.807) is 18.2 Å². The molecule has 8 heteroatoms. The molecule has 1 aliphatic rings. The quantitative estimate of drug-likeness (QED) is 0.311. The summed E-state index contributed by atoms with van der Waals surface area (Å²) in [5.74, 6) is -1.78. The Hall–Kier alpha value is -4.20. The lowest BCUT2D eigenvalue weighted by atomic mass is 9.71. The highest BCUT2D eigenvalue weighted by Gasteiger charge is 2.35. The first-order valence-corrected chi connectivity index (χ1v) is 11.9. The maximum atomic E-state index is 12.9. The van der Waals surface area contributed by atoms with Crippen molar-refractivity contribution in [3.63, 3.8) is 0 Å². The minimum atomic E-state index is -1.05. The van der Waals surface area contributed by atoms with Crippen molar-refractivity contribution < 1.29 is 24.4 Å². The Bertz CT molecular complexity index is 1240. The summed E-state index contributed by atoms with van der Waals surface area (Å²) >= 11 is 0. The molecule has 4 rings (SSSR count). The number of nitrogens with two attached hydrogens (primary N) is 1. The number of nitrogens with zero attached hydrogens (tertiary/aromatic N) is 1. The first-order chi connectivity index (χ1) is 17.3. The van der Waals surface area contributed by atoms with Crippen LogP contribution in [0.4, 0.5) is 5.69 Å². The summed E-state index contributed by atoms with van der Waals surface area (Å²) < 4.78 is 5.53. The number of primary amides is 1. The molecule has 3 atom stereocenters. The predicted molar refractivity (Wildman–Crippen MR) is 134 cm³/mol. The molecule has 3 unspecified atom stereocenters. The molecule has 0 aliphatic heterocycles. The van der Waals surface area contributed by atoms with Gasteiger partial charge in [-0.2, -0.15) is 0 Å². The van der Waals surface area contributed by atoms with Crippen LogP contribution in [0.1, 0.15) is 53.4 Å². The van der Waals surface area contributed by atoms with Crippen LogP contribution in [-0.2, 0) is 16.0 Å². The summed E-state index contributed by atoms with van der Waals surface area (Å²) in [4.78, 5) is 34.6. The number of nitro benzene ring substituents is 1. The highest BCUT2D eigenvalue weighted by atomic mass is 16.6. The number of fused-ring (bicyclic) bond motifs is 1. The van der Waals surface area contributed by atoms with E-state index in [4.69, 9.17) is 15.6 Å². The second kappa shape index (κ2) is 11.0. The first-order valence-electron chi connectivity index (χ1n) is 11.9. The summed E-state index contributed by atoms with van der Waals surface area (Å²) in [6, 6.07) is 21.7. The fraction of sp³-hybridized carbons (Fsp3) is 0.286. The molecule has 186 valence electrons. The smallest absolute Gasteiger partial charge is 0.341 e. The van der Waals surface area contributed by atoms with E-state index in [-0.39, 0.29) is 17.5 Å². The van der Waals surface area contributed by atoms with E-state index in [9.17, 15) is 19.7 Å². The van der Waals surface area contributed by atoms with Gasteiger partial charge in [-0.25, -0.2) is 4.79 Å². The Labute approximate surface area is 208 Å². The molecule has 0 heterocycles. The Morgan fingerprint density at radius 1 is 1.03 bits per heavy atom. The van der Waals surface area contributed by atoms with Crippen LogP contribution >= 0.6 is 0 Å². The summed E-state index contributed by atoms with van der Waals surface area (Å²) in [5, 5.41) is 20.2. The normalized spacial score (nSPS) is 16.4. The highest BCUT2D eigenvalue weighted by Crippen LogP contribution is 2.44. The van der Waals surface area contributed by atoms with Crippen LogP contribution in [0.5, 0.6) is 5.75 Å². The number of benzene rings is 3. The lowest BCUT2D eigenvalue weighted by Gasteiger charge is -2.34. The minimum Gasteiger partial charge on any atom is -0.482 e. The molecule has 0 saturated carbocycles. The van der Waals surface area contributed by atoms with Crippen LogP contribution in [0.3, 0.4) is 0 Å². The van der Waals surface area contributed by atoms with Gasteiger partial charge in [0.1, 0.15) is 5.75 Å². The third kappa shape index (κ3) is 5.54. The van der Waals surface area contributed by atoms with Gasteiger partial charge in [0.05, 0.1) is 4.92 Å². The van der Waals surface area contributed by atoms with Gasteiger partial charge in [-0.05, 0) is 59.9 Å². The third-order valence-electron chi connectivity index (χ3n) is 6.91. The van der Waals surface area contributed by atoms with Gasteiger partial charge in [0, 0.05) is 24.0 Å². The van der Waals surface area contributed by atoms with Crippen molar-refractivity contribution >= 4 is 17.6 Å². The maximum Gasteiger partial charge on any atom is 0.341 e. The molecule has 0 fully saturated rings. The summed E-state index contributed by atoms with van der Waals surface area (Å²) in [7, 11) is 0. The molecule has 8 nitrogen and oxygen atoms in total. The topological polar surface area (TPSA) is 133 Å². The molecular formula is C28H28N2O6. The molecule has 0 spiro atoms. The van der Waals surface area contributed by atoms with Crippen molar-refractivity contribution in [1.82, 2.24) is 0 Å². The van der Waals surface area contributed by atoms with E-state index in [1.165, 1.54) is 12.1 Å². The largest absolute Gasteiger partial charge is 0.482 e. The summed E-state index contributed by atoms with van der Waals surface area (Å²) in [5.41, 5.74) is 9.75. The summed E-state index contributed by atoms with van der Waals surface area (Å²) in [6.07, 6.45) is 2.76. The molecular weight excluding hydrogens is 460 g/mol. The number of carbonyl (C=O) groups excluding carboxylic acids is 1. The van der Waals surface area contributed by atoms with Crippen molar-refractivity contribution in [3.05, 3.63) is 105 Å². The molecule has 3 N–H and O–H groups in total. The fourth-order valence-corrected chi connectivity index (χ4v) is 5.26. The van der Waals surface area contributed by atoms with E-state index in [1.807, 2.05) is 42.5 Å². The zero-order valence-electron chi connectivity index (χ0n) is 19.7. The number of amides is 1. The molecule has 1 aliphatic carbocycles. The second-order valence-corrected chi connectivity index (χ2v) is 9.06. The number of aliphatic carboxylic acids is 1. The van der Waals surface area contributed by atoms with E-state index in [0.717, 1.165) is 41.5 Å². The molecule has 0 bridgehead atoms. The Balaban J connectivity index is 1.70. The molecule has 1 amide bonds. The fourth-order valence-electron chi connectivity index (χ4n) is 5.26. The van der Waals surface area contributed by atoms with Gasteiger partial charge >= 0.3 is 5.97 Å². The standard InChI is InChI=1S/C28H28N2O6/c29-28(33)25(22-8-4-10-23-21(22)9-5-11-26(23)36-17-27(31)32)16-24(18-6-2-1-3-7-18)19-12-14-20(15-13-19)30(34)35/h1-3,5-7,9,11-15,22,24-25H,4,8,10,16-17H2,(H2,29,33)(H,31,32). The molecule has 3 aromatic rings. The third-order valence-corrected chi connectivity index (χ3v) is 6.91. The van der Waals surface area contributed by atoms with Gasteiger partial charge < -0.3 is 15.6 Å². The van der Waals surface area contributed by atoms with Crippen molar-refractivity contribution in [2.45, 2.75) is 37.5 Å². The Kier molecular flexibility index (Phi) is 7.63. The number of hydrogen-bond acceptors (Lipinski definition) is 5.